The van der Waals surface area contributed by atoms with Crippen molar-refractivity contribution in [2.24, 2.45) is 51.4 Å². The second kappa shape index (κ2) is 32.5. The van der Waals surface area contributed by atoms with Crippen molar-refractivity contribution in [1.29, 1.82) is 0 Å². The van der Waals surface area contributed by atoms with Crippen LogP contribution in [0.3, 0.4) is 0 Å². The number of nitrogens with two attached hydrogens (primary N) is 5. The predicted octanol–water partition coefficient (Wildman–Crippen LogP) is -2.75. The molecule has 23 nitrogen and oxygen atoms in total. The number of rotatable bonds is 34. The number of hydrogen-bond acceptors (Lipinski definition) is 13. The summed E-state index contributed by atoms with van der Waals surface area (Å²) in [5.74, 6) is -6.87. The lowest BCUT2D eigenvalue weighted by molar-refractivity contribution is -0.142. The molecule has 0 radical (unpaired) electrons. The normalized spacial score (nSPS) is 15.0. The number of carbonyl (C=O) groups excluding carboxylic acids is 7. The number of nitrogens with one attached hydrogen (secondary N) is 7. The van der Waals surface area contributed by atoms with Gasteiger partial charge in [0.25, 0.3) is 0 Å². The molecule has 7 amide bonds. The quantitative estimate of drug-likeness (QED) is 0.0177. The van der Waals surface area contributed by atoms with E-state index in [-0.39, 0.29) is 75.3 Å². The lowest BCUT2D eigenvalue weighted by Gasteiger charge is -2.28. The summed E-state index contributed by atoms with van der Waals surface area (Å²) in [5, 5.41) is 37.8. The van der Waals surface area contributed by atoms with E-state index in [2.05, 4.69) is 42.2 Å². The first-order valence-electron chi connectivity index (χ1n) is 22.6. The minimum absolute atomic E-state index is 0.00944. The molecule has 0 unspecified atom stereocenters. The van der Waals surface area contributed by atoms with E-state index in [0.29, 0.717) is 38.6 Å². The molecule has 0 aromatic heterocycles. The van der Waals surface area contributed by atoms with E-state index in [1.165, 1.54) is 6.92 Å². The van der Waals surface area contributed by atoms with Crippen molar-refractivity contribution in [2.45, 2.75) is 167 Å². The van der Waals surface area contributed by atoms with Crippen LogP contribution in [0.2, 0.25) is 0 Å². The number of nitrogens with zero attached hydrogens (tertiary/aromatic N) is 1. The zero-order valence-electron chi connectivity index (χ0n) is 39.5. The SMILES string of the molecule is CC(C)C[C@H](NC(=O)[C@H](C)NC(=O)[C@H](CCCN=C(N)N)NC(=O)[C@H](CC(C)C)NC(=O)[C@H](CCCCN)NC(=O)[C@H](CO)NC(=O)[C@H](CCCCN)NC(=O)[C@@H](N)CC(C)C)C(=O)O. The number of carboxylic acid groups (broad SMARTS) is 1. The Labute approximate surface area is 383 Å². The maximum absolute atomic E-state index is 14.0. The molecule has 8 atom stereocenters. The Kier molecular flexibility index (Phi) is 29.9. The molecule has 374 valence electrons. The van der Waals surface area contributed by atoms with Crippen LogP contribution in [-0.2, 0) is 38.4 Å². The number of aliphatic imine (C=N–C) groups is 1. The van der Waals surface area contributed by atoms with Gasteiger partial charge in [-0.2, -0.15) is 0 Å². The number of aliphatic hydroxyl groups excluding tert-OH is 1. The molecule has 65 heavy (non-hydrogen) atoms. The Morgan fingerprint density at radius 2 is 0.846 bits per heavy atom. The van der Waals surface area contributed by atoms with Gasteiger partial charge in [-0.25, -0.2) is 4.79 Å². The monoisotopic (exact) mass is 928 g/mol. The Bertz CT molecular complexity index is 1540. The molecule has 0 aliphatic rings. The maximum atomic E-state index is 14.0. The molecular formula is C42H81N13O10. The number of hydrogen-bond donors (Lipinski definition) is 14. The van der Waals surface area contributed by atoms with Crippen molar-refractivity contribution in [2.75, 3.05) is 26.2 Å². The first-order valence-corrected chi connectivity index (χ1v) is 22.6. The summed E-state index contributed by atoms with van der Waals surface area (Å²) in [6, 6.07) is -9.74. The van der Waals surface area contributed by atoms with Crippen LogP contribution < -0.4 is 65.9 Å². The Balaban J connectivity index is 6.38. The molecule has 0 aromatic carbocycles. The molecule has 0 rings (SSSR count). The van der Waals surface area contributed by atoms with Crippen molar-refractivity contribution in [3.63, 3.8) is 0 Å². The van der Waals surface area contributed by atoms with Crippen LogP contribution in [0.5, 0.6) is 0 Å². The van der Waals surface area contributed by atoms with E-state index in [9.17, 15) is 48.6 Å². The average Bonchev–Trinajstić information content (AvgIpc) is 3.21. The summed E-state index contributed by atoms with van der Waals surface area (Å²) in [6.07, 6.45) is 2.88. The predicted molar refractivity (Wildman–Crippen MR) is 246 cm³/mol. The fraction of sp³-hybridized carbons (Fsp3) is 0.786. The first kappa shape index (κ1) is 59.9. The topological polar surface area (TPSA) is 404 Å². The van der Waals surface area contributed by atoms with Crippen LogP contribution in [0.25, 0.3) is 0 Å². The average molecular weight is 928 g/mol. The fourth-order valence-corrected chi connectivity index (χ4v) is 6.54. The van der Waals surface area contributed by atoms with Gasteiger partial charge in [-0.15, -0.1) is 0 Å². The molecule has 0 fully saturated rings. The van der Waals surface area contributed by atoms with Gasteiger partial charge in [0.05, 0.1) is 12.6 Å². The van der Waals surface area contributed by atoms with Gasteiger partial charge in [-0.1, -0.05) is 41.5 Å². The Hall–Kier alpha value is -5.13. The molecular weight excluding hydrogens is 847 g/mol. The number of carboxylic acids is 1. The van der Waals surface area contributed by atoms with Crippen molar-refractivity contribution < 1.29 is 48.6 Å². The van der Waals surface area contributed by atoms with Gasteiger partial charge in [0, 0.05) is 6.54 Å². The van der Waals surface area contributed by atoms with E-state index < -0.39 is 102 Å². The summed E-state index contributed by atoms with van der Waals surface area (Å²) in [4.78, 5) is 110. The van der Waals surface area contributed by atoms with E-state index in [4.69, 9.17) is 28.7 Å². The van der Waals surface area contributed by atoms with Gasteiger partial charge in [0.2, 0.25) is 41.4 Å². The van der Waals surface area contributed by atoms with Crippen LogP contribution >= 0.6 is 0 Å². The number of guanidine groups is 1. The van der Waals surface area contributed by atoms with Crippen molar-refractivity contribution in [3.05, 3.63) is 0 Å². The van der Waals surface area contributed by atoms with Gasteiger partial charge in [0.1, 0.15) is 42.3 Å². The van der Waals surface area contributed by atoms with Crippen LogP contribution in [0.4, 0.5) is 0 Å². The maximum Gasteiger partial charge on any atom is 0.326 e. The Morgan fingerprint density at radius 3 is 1.28 bits per heavy atom. The molecule has 0 aliphatic heterocycles. The third-order valence-electron chi connectivity index (χ3n) is 10.0. The zero-order valence-corrected chi connectivity index (χ0v) is 39.5. The van der Waals surface area contributed by atoms with Gasteiger partial charge in [-0.05, 0) is 108 Å². The molecule has 19 N–H and O–H groups in total. The molecule has 0 saturated heterocycles. The van der Waals surface area contributed by atoms with Crippen LogP contribution in [0.1, 0.15) is 119 Å². The minimum Gasteiger partial charge on any atom is -0.480 e. The minimum atomic E-state index is -1.55. The number of aliphatic hydroxyl groups is 1. The largest absolute Gasteiger partial charge is 0.480 e. The third kappa shape index (κ3) is 25.8. The second-order valence-corrected chi connectivity index (χ2v) is 17.6. The fourth-order valence-electron chi connectivity index (χ4n) is 6.54. The van der Waals surface area contributed by atoms with Gasteiger partial charge in [-0.3, -0.25) is 38.6 Å². The number of carbonyl (C=O) groups is 8. The molecule has 0 aliphatic carbocycles. The molecule has 0 saturated carbocycles. The number of amides is 7. The van der Waals surface area contributed by atoms with E-state index >= 15 is 0 Å². The van der Waals surface area contributed by atoms with Gasteiger partial charge >= 0.3 is 5.97 Å². The summed E-state index contributed by atoms with van der Waals surface area (Å²) in [6.45, 7) is 12.2. The van der Waals surface area contributed by atoms with E-state index in [1.54, 1.807) is 27.7 Å². The first-order chi connectivity index (χ1) is 30.5. The van der Waals surface area contributed by atoms with Crippen LogP contribution in [0.15, 0.2) is 4.99 Å². The summed E-state index contributed by atoms with van der Waals surface area (Å²) in [5.41, 5.74) is 28.3. The number of unbranched alkanes of at least 4 members (excludes halogenated alkanes) is 2. The highest BCUT2D eigenvalue weighted by molar-refractivity contribution is 5.97. The van der Waals surface area contributed by atoms with Crippen LogP contribution in [-0.4, -0.2) is 138 Å². The van der Waals surface area contributed by atoms with Gasteiger partial charge < -0.3 is 76.1 Å². The molecule has 0 aromatic rings. The summed E-state index contributed by atoms with van der Waals surface area (Å²) < 4.78 is 0. The van der Waals surface area contributed by atoms with E-state index in [1.807, 2.05) is 13.8 Å². The third-order valence-corrected chi connectivity index (χ3v) is 10.0. The number of aliphatic carboxylic acids is 1. The lowest BCUT2D eigenvalue weighted by Crippen LogP contribution is -2.60. The van der Waals surface area contributed by atoms with Crippen molar-refractivity contribution in [1.82, 2.24) is 37.2 Å². The lowest BCUT2D eigenvalue weighted by atomic mass is 10.0. The summed E-state index contributed by atoms with van der Waals surface area (Å²) in [7, 11) is 0. The molecule has 0 spiro atoms. The van der Waals surface area contributed by atoms with Crippen LogP contribution in [0, 0.1) is 17.8 Å². The summed E-state index contributed by atoms with van der Waals surface area (Å²) >= 11 is 0. The molecule has 0 heterocycles. The van der Waals surface area contributed by atoms with E-state index in [0.717, 1.165) is 0 Å². The molecule has 0 bridgehead atoms. The van der Waals surface area contributed by atoms with Crippen molar-refractivity contribution >= 4 is 53.3 Å². The molecule has 23 heteroatoms. The van der Waals surface area contributed by atoms with Crippen molar-refractivity contribution in [3.8, 4) is 0 Å². The second-order valence-electron chi connectivity index (χ2n) is 17.6. The highest BCUT2D eigenvalue weighted by atomic mass is 16.4. The Morgan fingerprint density at radius 1 is 0.477 bits per heavy atom. The highest BCUT2D eigenvalue weighted by Gasteiger charge is 2.34. The highest BCUT2D eigenvalue weighted by Crippen LogP contribution is 2.11. The van der Waals surface area contributed by atoms with Gasteiger partial charge in [0.15, 0.2) is 5.96 Å². The smallest absolute Gasteiger partial charge is 0.326 e. The standard InChI is InChI=1S/C42H81N13O10/c1-23(2)19-27(45)35(58)50-28(13-8-10-16-43)38(61)55-33(22-56)40(63)52-29(14-9-11-17-44)37(60)53-31(20-24(3)4)39(62)51-30(15-12-18-48-42(46)47)36(59)49-26(7)34(57)54-32(41(64)65)21-25(5)6/h23-33,56H,8-22,43-45H2,1-7H3,(H,49,59)(H,50,58)(H,51,62)(H,52,63)(H,53,60)(H,54,57)(H,55,61)(H,64,65)(H4,46,47,48)/t26-,27-,28-,29-,30-,31-,32-,33-/m0/s1. The zero-order chi connectivity index (χ0) is 49.8.